The Balaban J connectivity index is 1.54. The number of halogens is 2. The minimum absolute atomic E-state index is 0.0261. The molecule has 2 amide bonds. The molecule has 1 saturated heterocycles. The highest BCUT2D eigenvalue weighted by Gasteiger charge is 2.54. The minimum atomic E-state index is -1.01. The van der Waals surface area contributed by atoms with Crippen molar-refractivity contribution in [2.75, 3.05) is 6.54 Å². The fraction of sp³-hybridized carbons (Fsp3) is 0.440. The van der Waals surface area contributed by atoms with E-state index in [-0.39, 0.29) is 30.4 Å². The van der Waals surface area contributed by atoms with Crippen LogP contribution < -0.4 is 10.7 Å². The first-order chi connectivity index (χ1) is 17.1. The number of aromatic hydroxyl groups is 1. The van der Waals surface area contributed by atoms with Crippen molar-refractivity contribution in [3.8, 4) is 5.75 Å². The molecule has 1 aromatic carbocycles. The number of carbonyl (C=O) groups is 2. The summed E-state index contributed by atoms with van der Waals surface area (Å²) in [4.78, 5) is 46.9. The monoisotopic (exact) mass is 500 g/mol. The summed E-state index contributed by atoms with van der Waals surface area (Å²) in [6, 6.07) is 2.29. The molecular weight excluding hydrogens is 474 g/mol. The fourth-order valence-corrected chi connectivity index (χ4v) is 5.31. The van der Waals surface area contributed by atoms with Gasteiger partial charge in [-0.25, -0.2) is 8.78 Å². The molecule has 4 heterocycles. The van der Waals surface area contributed by atoms with Crippen LogP contribution in [-0.4, -0.2) is 50.3 Å². The molecule has 2 N–H and O–H groups in total. The zero-order valence-electron chi connectivity index (χ0n) is 19.9. The van der Waals surface area contributed by atoms with Gasteiger partial charge in [0.05, 0.1) is 11.8 Å². The number of pyridine rings is 1. The number of fused-ring (bicyclic) bond motifs is 5. The summed E-state index contributed by atoms with van der Waals surface area (Å²) >= 11 is 0. The smallest absolute Gasteiger partial charge is 0.274 e. The maximum Gasteiger partial charge on any atom is 0.274 e. The molecule has 1 spiro atoms. The average molecular weight is 501 g/mol. The highest BCUT2D eigenvalue weighted by molar-refractivity contribution is 5.99. The number of oxime groups is 1. The SMILES string of the molecule is CCC1=NOC2(CCC(C)N3CC2n2cc(C(=O)NCc4ccc(F)cc4F)c(=O)c(O)c2C3=O)C1. The summed E-state index contributed by atoms with van der Waals surface area (Å²) in [5, 5.41) is 17.5. The number of hydrogen-bond acceptors (Lipinski definition) is 6. The number of nitrogens with one attached hydrogen (secondary N) is 1. The van der Waals surface area contributed by atoms with E-state index in [1.165, 1.54) is 16.8 Å². The summed E-state index contributed by atoms with van der Waals surface area (Å²) in [7, 11) is 0. The number of rotatable bonds is 4. The van der Waals surface area contributed by atoms with Crippen molar-refractivity contribution in [1.29, 1.82) is 0 Å². The molecule has 1 fully saturated rings. The molecular formula is C25H26F2N4O5. The van der Waals surface area contributed by atoms with E-state index in [2.05, 4.69) is 10.5 Å². The van der Waals surface area contributed by atoms with Crippen LogP contribution in [0.3, 0.4) is 0 Å². The zero-order valence-corrected chi connectivity index (χ0v) is 19.9. The van der Waals surface area contributed by atoms with E-state index in [1.54, 1.807) is 4.90 Å². The number of aromatic nitrogens is 1. The van der Waals surface area contributed by atoms with Crippen LogP contribution in [0.4, 0.5) is 8.78 Å². The van der Waals surface area contributed by atoms with Gasteiger partial charge in [-0.3, -0.25) is 14.4 Å². The first kappa shape index (κ1) is 24.0. The lowest BCUT2D eigenvalue weighted by Crippen LogP contribution is -2.52. The van der Waals surface area contributed by atoms with Crippen LogP contribution in [0.25, 0.3) is 0 Å². The maximum absolute atomic E-state index is 14.0. The number of benzene rings is 1. The van der Waals surface area contributed by atoms with E-state index < -0.39 is 51.8 Å². The molecule has 3 unspecified atom stereocenters. The Morgan fingerprint density at radius 2 is 2.11 bits per heavy atom. The molecule has 2 bridgehead atoms. The molecule has 5 rings (SSSR count). The van der Waals surface area contributed by atoms with Crippen molar-refractivity contribution in [3.05, 3.63) is 63.1 Å². The van der Waals surface area contributed by atoms with E-state index in [0.717, 1.165) is 11.8 Å². The highest BCUT2D eigenvalue weighted by atomic mass is 19.1. The fourth-order valence-electron chi connectivity index (χ4n) is 5.31. The van der Waals surface area contributed by atoms with Crippen LogP contribution in [0, 0.1) is 11.6 Å². The van der Waals surface area contributed by atoms with Gasteiger partial charge >= 0.3 is 0 Å². The minimum Gasteiger partial charge on any atom is -0.503 e. The molecule has 36 heavy (non-hydrogen) atoms. The van der Waals surface area contributed by atoms with Crippen molar-refractivity contribution >= 4 is 17.5 Å². The van der Waals surface area contributed by atoms with E-state index in [4.69, 9.17) is 4.84 Å². The maximum atomic E-state index is 14.0. The van der Waals surface area contributed by atoms with Gasteiger partial charge in [-0.05, 0) is 32.3 Å². The number of amides is 2. The normalized spacial score (nSPS) is 24.7. The van der Waals surface area contributed by atoms with E-state index in [0.29, 0.717) is 31.7 Å². The number of carbonyl (C=O) groups excluding carboxylic acids is 2. The summed E-state index contributed by atoms with van der Waals surface area (Å²) in [5.74, 6) is -3.78. The first-order valence-electron chi connectivity index (χ1n) is 11.9. The Labute approximate surface area is 205 Å². The van der Waals surface area contributed by atoms with Gasteiger partial charge in [-0.1, -0.05) is 18.1 Å². The third kappa shape index (κ3) is 3.73. The van der Waals surface area contributed by atoms with E-state index >= 15 is 0 Å². The van der Waals surface area contributed by atoms with Crippen LogP contribution in [0.1, 0.15) is 72.0 Å². The van der Waals surface area contributed by atoms with Gasteiger partial charge in [0.2, 0.25) is 5.43 Å². The Bertz CT molecular complexity index is 1360. The first-order valence-corrected chi connectivity index (χ1v) is 11.9. The van der Waals surface area contributed by atoms with Gasteiger partial charge in [0.1, 0.15) is 17.2 Å². The molecule has 0 aliphatic carbocycles. The topological polar surface area (TPSA) is 113 Å². The molecule has 1 aromatic heterocycles. The van der Waals surface area contributed by atoms with Gasteiger partial charge in [0.25, 0.3) is 11.8 Å². The summed E-state index contributed by atoms with van der Waals surface area (Å²) in [5.41, 5.74) is -1.50. The Morgan fingerprint density at radius 3 is 2.81 bits per heavy atom. The second-order valence-electron chi connectivity index (χ2n) is 9.60. The second-order valence-corrected chi connectivity index (χ2v) is 9.60. The lowest BCUT2D eigenvalue weighted by molar-refractivity contribution is -0.0655. The van der Waals surface area contributed by atoms with Crippen molar-refractivity contribution in [2.45, 2.75) is 63.8 Å². The zero-order chi connectivity index (χ0) is 25.8. The van der Waals surface area contributed by atoms with Crippen LogP contribution >= 0.6 is 0 Å². The van der Waals surface area contributed by atoms with Gasteiger partial charge < -0.3 is 24.7 Å². The van der Waals surface area contributed by atoms with Crippen molar-refractivity contribution in [2.24, 2.45) is 5.16 Å². The van der Waals surface area contributed by atoms with Crippen molar-refractivity contribution in [1.82, 2.24) is 14.8 Å². The van der Waals surface area contributed by atoms with E-state index in [1.807, 2.05) is 13.8 Å². The molecule has 9 nitrogen and oxygen atoms in total. The second kappa shape index (κ2) is 8.72. The standard InChI is InChI=1S/C25H26F2N4O5/c1-3-16-9-25(36-29-16)7-6-13(2)30-12-19(25)31-11-17(21(32)22(33)20(31)24(30)35)23(34)28-10-14-4-5-15(26)8-18(14)27/h4-5,8,11,13,19,33H,3,6-7,9-10,12H2,1-2H3,(H,28,34). The quantitative estimate of drug-likeness (QED) is 0.670. The molecule has 11 heteroatoms. The van der Waals surface area contributed by atoms with Crippen molar-refractivity contribution < 1.29 is 28.3 Å². The summed E-state index contributed by atoms with van der Waals surface area (Å²) in [6.45, 7) is 3.84. The predicted molar refractivity (Wildman–Crippen MR) is 125 cm³/mol. The van der Waals surface area contributed by atoms with E-state index in [9.17, 15) is 28.3 Å². The molecule has 3 aliphatic rings. The summed E-state index contributed by atoms with van der Waals surface area (Å²) < 4.78 is 28.6. The third-order valence-electron chi connectivity index (χ3n) is 7.47. The van der Waals surface area contributed by atoms with Crippen LogP contribution in [-0.2, 0) is 11.4 Å². The van der Waals surface area contributed by atoms with Gasteiger partial charge in [0.15, 0.2) is 17.0 Å². The Kier molecular flexibility index (Phi) is 5.80. The lowest BCUT2D eigenvalue weighted by atomic mass is 9.83. The molecule has 3 atom stereocenters. The average Bonchev–Trinajstić information content (AvgIpc) is 3.23. The number of nitrogens with zero attached hydrogens (tertiary/aromatic N) is 3. The van der Waals surface area contributed by atoms with Crippen LogP contribution in [0.15, 0.2) is 34.3 Å². The van der Waals surface area contributed by atoms with Crippen molar-refractivity contribution in [3.63, 3.8) is 0 Å². The lowest BCUT2D eigenvalue weighted by Gasteiger charge is -2.41. The Hall–Kier alpha value is -3.76. The van der Waals surface area contributed by atoms with Gasteiger partial charge in [0, 0.05) is 43.4 Å². The van der Waals surface area contributed by atoms with Crippen LogP contribution in [0.2, 0.25) is 0 Å². The number of hydrogen-bond donors (Lipinski definition) is 2. The summed E-state index contributed by atoms with van der Waals surface area (Å²) in [6.07, 6.45) is 3.72. The molecule has 0 saturated carbocycles. The molecule has 190 valence electrons. The molecule has 0 radical (unpaired) electrons. The van der Waals surface area contributed by atoms with Gasteiger partial charge in [-0.2, -0.15) is 0 Å². The Morgan fingerprint density at radius 1 is 1.33 bits per heavy atom. The molecule has 2 aromatic rings. The predicted octanol–water partition coefficient (Wildman–Crippen LogP) is 2.87. The molecule has 3 aliphatic heterocycles. The largest absolute Gasteiger partial charge is 0.503 e. The third-order valence-corrected chi connectivity index (χ3v) is 7.47. The van der Waals surface area contributed by atoms with Crippen LogP contribution in [0.5, 0.6) is 5.75 Å². The highest BCUT2D eigenvalue weighted by Crippen LogP contribution is 2.46. The van der Waals surface area contributed by atoms with Gasteiger partial charge in [-0.15, -0.1) is 0 Å².